The molecule has 0 unspecified atom stereocenters. The van der Waals surface area contributed by atoms with E-state index in [1.54, 1.807) is 24.3 Å². The fourth-order valence-corrected chi connectivity index (χ4v) is 1.40. The number of amides is 1. The number of nitrogens with one attached hydrogen (secondary N) is 1. The van der Waals surface area contributed by atoms with Crippen molar-refractivity contribution in [3.63, 3.8) is 0 Å². The van der Waals surface area contributed by atoms with Gasteiger partial charge in [-0.15, -0.1) is 0 Å². The summed E-state index contributed by atoms with van der Waals surface area (Å²) in [5.74, 6) is -0.0911. The van der Waals surface area contributed by atoms with E-state index in [1.807, 2.05) is 0 Å². The maximum atomic E-state index is 11.9. The fourth-order valence-electron chi connectivity index (χ4n) is 1.40. The smallest absolute Gasteiger partial charge is 0.251 e. The van der Waals surface area contributed by atoms with E-state index in [0.29, 0.717) is 17.7 Å². The average molecular weight is 263 g/mol. The summed E-state index contributed by atoms with van der Waals surface area (Å²) in [4.78, 5) is 11.9. The number of carbonyl (C=O) groups is 1. The molecule has 4 N–H and O–H groups in total. The van der Waals surface area contributed by atoms with E-state index >= 15 is 0 Å². The van der Waals surface area contributed by atoms with Crippen LogP contribution in [0.1, 0.15) is 43.1 Å². The van der Waals surface area contributed by atoms with Gasteiger partial charge in [-0.3, -0.25) is 4.79 Å². The highest BCUT2D eigenvalue weighted by Gasteiger charge is 2.16. The summed E-state index contributed by atoms with van der Waals surface area (Å²) in [5, 5.41) is 14.4. The summed E-state index contributed by atoms with van der Waals surface area (Å²) in [5.41, 5.74) is 6.67. The molecule has 0 aromatic heterocycles. The normalized spacial score (nSPS) is 12.3. The number of oxime groups is 1. The van der Waals surface area contributed by atoms with Crippen LogP contribution < -0.4 is 11.1 Å². The standard InChI is InChI=1S/C14H21N3O2/c1-4-14(2,3)9-16-13(18)11-7-5-10(6-8-11)12(15)17-19/h5-8,19H,4,9H2,1-3H3,(H2,15,17)(H,16,18). The van der Waals surface area contributed by atoms with Crippen molar-refractivity contribution < 1.29 is 10.0 Å². The van der Waals surface area contributed by atoms with Gasteiger partial charge < -0.3 is 16.3 Å². The molecule has 1 aromatic rings. The molecule has 0 aliphatic heterocycles. The van der Waals surface area contributed by atoms with Crippen LogP contribution in [0.3, 0.4) is 0 Å². The molecule has 0 saturated heterocycles. The zero-order valence-electron chi connectivity index (χ0n) is 11.6. The molecule has 104 valence electrons. The van der Waals surface area contributed by atoms with Crippen LogP contribution >= 0.6 is 0 Å². The number of hydrogen-bond donors (Lipinski definition) is 3. The van der Waals surface area contributed by atoms with E-state index in [4.69, 9.17) is 10.9 Å². The predicted octanol–water partition coefficient (Wildman–Crippen LogP) is 1.95. The second kappa shape index (κ2) is 6.22. The van der Waals surface area contributed by atoms with Gasteiger partial charge in [0.25, 0.3) is 5.91 Å². The summed E-state index contributed by atoms with van der Waals surface area (Å²) >= 11 is 0. The minimum atomic E-state index is -0.118. The van der Waals surface area contributed by atoms with E-state index < -0.39 is 0 Å². The summed E-state index contributed by atoms with van der Waals surface area (Å²) in [6.07, 6.45) is 0.996. The third-order valence-electron chi connectivity index (χ3n) is 3.24. The van der Waals surface area contributed by atoms with E-state index in [0.717, 1.165) is 6.42 Å². The summed E-state index contributed by atoms with van der Waals surface area (Å²) in [7, 11) is 0. The van der Waals surface area contributed by atoms with Crippen LogP contribution in [-0.4, -0.2) is 23.5 Å². The van der Waals surface area contributed by atoms with Crippen molar-refractivity contribution in [1.82, 2.24) is 5.32 Å². The molecule has 0 heterocycles. The molecule has 0 radical (unpaired) electrons. The first-order valence-electron chi connectivity index (χ1n) is 6.26. The zero-order chi connectivity index (χ0) is 14.5. The lowest BCUT2D eigenvalue weighted by molar-refractivity contribution is 0.0935. The van der Waals surface area contributed by atoms with Gasteiger partial charge in [0.15, 0.2) is 5.84 Å². The third kappa shape index (κ3) is 4.28. The van der Waals surface area contributed by atoms with Crippen molar-refractivity contribution in [2.45, 2.75) is 27.2 Å². The number of hydrogen-bond acceptors (Lipinski definition) is 3. The van der Waals surface area contributed by atoms with Gasteiger partial charge in [0, 0.05) is 17.7 Å². The second-order valence-electron chi connectivity index (χ2n) is 5.26. The lowest BCUT2D eigenvalue weighted by Crippen LogP contribution is -2.33. The number of benzene rings is 1. The summed E-state index contributed by atoms with van der Waals surface area (Å²) < 4.78 is 0. The number of amidine groups is 1. The van der Waals surface area contributed by atoms with Crippen LogP contribution in [0.15, 0.2) is 29.4 Å². The molecule has 0 saturated carbocycles. The number of carbonyl (C=O) groups excluding carboxylic acids is 1. The molecule has 1 rings (SSSR count). The summed E-state index contributed by atoms with van der Waals surface area (Å²) in [6.45, 7) is 6.94. The van der Waals surface area contributed by atoms with Crippen molar-refractivity contribution in [3.8, 4) is 0 Å². The molecule has 0 aliphatic rings. The topological polar surface area (TPSA) is 87.7 Å². The van der Waals surface area contributed by atoms with Gasteiger partial charge >= 0.3 is 0 Å². The maximum Gasteiger partial charge on any atom is 0.251 e. The lowest BCUT2D eigenvalue weighted by atomic mass is 9.90. The maximum absolute atomic E-state index is 11.9. The minimum absolute atomic E-state index is 0.0269. The van der Waals surface area contributed by atoms with Gasteiger partial charge in [0.2, 0.25) is 0 Å². The number of rotatable bonds is 5. The van der Waals surface area contributed by atoms with Crippen LogP contribution in [0.2, 0.25) is 0 Å². The lowest BCUT2D eigenvalue weighted by Gasteiger charge is -2.22. The van der Waals surface area contributed by atoms with Gasteiger partial charge in [-0.2, -0.15) is 0 Å². The molecule has 5 heteroatoms. The first-order chi connectivity index (χ1) is 8.89. The van der Waals surface area contributed by atoms with E-state index in [1.165, 1.54) is 0 Å². The van der Waals surface area contributed by atoms with Crippen molar-refractivity contribution in [1.29, 1.82) is 0 Å². The van der Waals surface area contributed by atoms with Gasteiger partial charge in [0.1, 0.15) is 0 Å². The van der Waals surface area contributed by atoms with Gasteiger partial charge in [-0.1, -0.05) is 38.1 Å². The van der Waals surface area contributed by atoms with Crippen molar-refractivity contribution in [2.24, 2.45) is 16.3 Å². The first-order valence-corrected chi connectivity index (χ1v) is 6.26. The highest BCUT2D eigenvalue weighted by Crippen LogP contribution is 2.17. The molecule has 5 nitrogen and oxygen atoms in total. The Morgan fingerprint density at radius 1 is 1.32 bits per heavy atom. The van der Waals surface area contributed by atoms with Crippen LogP contribution in [0, 0.1) is 5.41 Å². The largest absolute Gasteiger partial charge is 0.409 e. The van der Waals surface area contributed by atoms with Gasteiger partial charge in [-0.05, 0) is 24.0 Å². The molecule has 0 fully saturated rings. The van der Waals surface area contributed by atoms with Crippen molar-refractivity contribution in [2.75, 3.05) is 6.54 Å². The summed E-state index contributed by atoms with van der Waals surface area (Å²) in [6, 6.07) is 6.60. The van der Waals surface area contributed by atoms with E-state index in [-0.39, 0.29) is 17.2 Å². The molecule has 0 aliphatic carbocycles. The Morgan fingerprint density at radius 2 is 1.84 bits per heavy atom. The first kappa shape index (κ1) is 15.0. The Balaban J connectivity index is 2.69. The Bertz CT molecular complexity index is 464. The Kier molecular flexibility index (Phi) is 4.92. The predicted molar refractivity (Wildman–Crippen MR) is 75.4 cm³/mol. The average Bonchev–Trinajstić information content (AvgIpc) is 2.44. The van der Waals surface area contributed by atoms with Crippen LogP contribution in [0.4, 0.5) is 0 Å². The fraction of sp³-hybridized carbons (Fsp3) is 0.429. The van der Waals surface area contributed by atoms with E-state index in [9.17, 15) is 4.79 Å². The third-order valence-corrected chi connectivity index (χ3v) is 3.24. The zero-order valence-corrected chi connectivity index (χ0v) is 11.6. The molecule has 19 heavy (non-hydrogen) atoms. The molecule has 0 atom stereocenters. The number of nitrogens with two attached hydrogens (primary N) is 1. The molecular formula is C14H21N3O2. The van der Waals surface area contributed by atoms with Crippen molar-refractivity contribution >= 4 is 11.7 Å². The monoisotopic (exact) mass is 263 g/mol. The van der Waals surface area contributed by atoms with Gasteiger partial charge in [0.05, 0.1) is 0 Å². The quantitative estimate of drug-likeness (QED) is 0.328. The highest BCUT2D eigenvalue weighted by molar-refractivity contribution is 5.99. The number of nitrogens with zero attached hydrogens (tertiary/aromatic N) is 1. The van der Waals surface area contributed by atoms with Crippen molar-refractivity contribution in [3.05, 3.63) is 35.4 Å². The molecule has 1 aromatic carbocycles. The van der Waals surface area contributed by atoms with Gasteiger partial charge in [-0.25, -0.2) is 0 Å². The molecular weight excluding hydrogens is 242 g/mol. The molecule has 0 spiro atoms. The van der Waals surface area contributed by atoms with Crippen LogP contribution in [0.25, 0.3) is 0 Å². The minimum Gasteiger partial charge on any atom is -0.409 e. The second-order valence-corrected chi connectivity index (χ2v) is 5.26. The van der Waals surface area contributed by atoms with Crippen LogP contribution in [0.5, 0.6) is 0 Å². The molecule has 1 amide bonds. The van der Waals surface area contributed by atoms with E-state index in [2.05, 4.69) is 31.2 Å². The Hall–Kier alpha value is -2.04. The van der Waals surface area contributed by atoms with Crippen LogP contribution in [-0.2, 0) is 0 Å². The Labute approximate surface area is 113 Å². The SMILES string of the molecule is CCC(C)(C)CNC(=O)c1ccc(/C(N)=N/O)cc1. The molecule has 0 bridgehead atoms. The highest BCUT2D eigenvalue weighted by atomic mass is 16.4. The Morgan fingerprint density at radius 3 is 2.32 bits per heavy atom.